The van der Waals surface area contributed by atoms with Crippen molar-refractivity contribution >= 4 is 16.9 Å². The Bertz CT molecular complexity index is 516. The molecule has 0 bridgehead atoms. The maximum atomic E-state index is 11.7. The molecule has 0 saturated carbocycles. The topological polar surface area (TPSA) is 69.8 Å². The van der Waals surface area contributed by atoms with Crippen molar-refractivity contribution < 1.29 is 4.79 Å². The number of amides is 1. The monoisotopic (exact) mass is 260 g/mol. The van der Waals surface area contributed by atoms with Crippen molar-refractivity contribution in [2.24, 2.45) is 0 Å². The summed E-state index contributed by atoms with van der Waals surface area (Å²) >= 11 is 0. The highest BCUT2D eigenvalue weighted by Crippen LogP contribution is 2.15. The lowest BCUT2D eigenvalue weighted by Gasteiger charge is -2.11. The Labute approximate surface area is 112 Å². The minimum Gasteiger partial charge on any atom is -0.346 e. The van der Waals surface area contributed by atoms with Crippen LogP contribution < -0.4 is 10.6 Å². The zero-order chi connectivity index (χ0) is 13.7. The lowest BCUT2D eigenvalue weighted by molar-refractivity contribution is -0.121. The van der Waals surface area contributed by atoms with Gasteiger partial charge in [-0.05, 0) is 39.1 Å². The molecule has 5 heteroatoms. The summed E-state index contributed by atoms with van der Waals surface area (Å²) in [4.78, 5) is 19.4. The van der Waals surface area contributed by atoms with Gasteiger partial charge in [0.1, 0.15) is 5.82 Å². The SMILES string of the molecule is CNCCCC(=O)NC(C)c1nc2ccccc2[nH]1. The zero-order valence-corrected chi connectivity index (χ0v) is 11.4. The molecule has 0 saturated heterocycles. The summed E-state index contributed by atoms with van der Waals surface area (Å²) in [5, 5.41) is 5.98. The molecule has 1 aromatic heterocycles. The zero-order valence-electron chi connectivity index (χ0n) is 11.4. The Balaban J connectivity index is 1.95. The van der Waals surface area contributed by atoms with Crippen molar-refractivity contribution in [2.75, 3.05) is 13.6 Å². The summed E-state index contributed by atoms with van der Waals surface area (Å²) < 4.78 is 0. The second kappa shape index (κ2) is 6.33. The Morgan fingerprint density at radius 1 is 1.42 bits per heavy atom. The van der Waals surface area contributed by atoms with Crippen molar-refractivity contribution in [3.8, 4) is 0 Å². The van der Waals surface area contributed by atoms with E-state index in [0.29, 0.717) is 6.42 Å². The first-order valence-corrected chi connectivity index (χ1v) is 6.59. The van der Waals surface area contributed by atoms with Crippen molar-refractivity contribution in [3.05, 3.63) is 30.1 Å². The van der Waals surface area contributed by atoms with Crippen LogP contribution in [0.2, 0.25) is 0 Å². The first-order valence-electron chi connectivity index (χ1n) is 6.59. The first-order chi connectivity index (χ1) is 9.20. The van der Waals surface area contributed by atoms with Crippen molar-refractivity contribution in [3.63, 3.8) is 0 Å². The lowest BCUT2D eigenvalue weighted by atomic mass is 10.2. The van der Waals surface area contributed by atoms with Crippen molar-refractivity contribution in [1.82, 2.24) is 20.6 Å². The number of nitrogens with one attached hydrogen (secondary N) is 3. The molecule has 2 rings (SSSR count). The predicted molar refractivity (Wildman–Crippen MR) is 75.8 cm³/mol. The van der Waals surface area contributed by atoms with Crippen molar-refractivity contribution in [2.45, 2.75) is 25.8 Å². The summed E-state index contributed by atoms with van der Waals surface area (Å²) in [6.07, 6.45) is 1.38. The molecular formula is C14H20N4O. The number of hydrogen-bond acceptors (Lipinski definition) is 3. The fourth-order valence-electron chi connectivity index (χ4n) is 1.99. The number of imidazole rings is 1. The molecule has 0 aliphatic carbocycles. The summed E-state index contributed by atoms with van der Waals surface area (Å²) in [5.41, 5.74) is 1.92. The molecule has 1 heterocycles. The van der Waals surface area contributed by atoms with Crippen molar-refractivity contribution in [1.29, 1.82) is 0 Å². The van der Waals surface area contributed by atoms with Crippen LogP contribution in [-0.2, 0) is 4.79 Å². The molecule has 19 heavy (non-hydrogen) atoms. The summed E-state index contributed by atoms with van der Waals surface area (Å²) in [6, 6.07) is 7.75. The molecule has 1 aromatic carbocycles. The van der Waals surface area contributed by atoms with E-state index in [1.807, 2.05) is 38.2 Å². The van der Waals surface area contributed by atoms with Crippen LogP contribution in [0.3, 0.4) is 0 Å². The maximum Gasteiger partial charge on any atom is 0.220 e. The van der Waals surface area contributed by atoms with Gasteiger partial charge < -0.3 is 15.6 Å². The molecule has 0 fully saturated rings. The van der Waals surface area contributed by atoms with E-state index in [0.717, 1.165) is 29.8 Å². The van der Waals surface area contributed by atoms with Gasteiger partial charge in [0.25, 0.3) is 0 Å². The van der Waals surface area contributed by atoms with Crippen LogP contribution in [0.4, 0.5) is 0 Å². The molecule has 1 unspecified atom stereocenters. The normalized spacial score (nSPS) is 12.5. The van der Waals surface area contributed by atoms with Gasteiger partial charge in [0.05, 0.1) is 17.1 Å². The van der Waals surface area contributed by atoms with E-state index in [1.54, 1.807) is 0 Å². The molecule has 102 valence electrons. The third kappa shape index (κ3) is 3.54. The molecule has 0 spiro atoms. The van der Waals surface area contributed by atoms with Crippen LogP contribution in [0.25, 0.3) is 11.0 Å². The average molecular weight is 260 g/mol. The summed E-state index contributed by atoms with van der Waals surface area (Å²) in [5.74, 6) is 0.853. The molecule has 0 radical (unpaired) electrons. The van der Waals surface area contributed by atoms with Crippen LogP contribution in [-0.4, -0.2) is 29.5 Å². The van der Waals surface area contributed by atoms with E-state index < -0.39 is 0 Å². The van der Waals surface area contributed by atoms with E-state index in [1.165, 1.54) is 0 Å². The number of nitrogens with zero attached hydrogens (tertiary/aromatic N) is 1. The first kappa shape index (κ1) is 13.5. The van der Waals surface area contributed by atoms with Gasteiger partial charge >= 0.3 is 0 Å². The Hall–Kier alpha value is -1.88. The minimum absolute atomic E-state index is 0.0585. The highest BCUT2D eigenvalue weighted by Gasteiger charge is 2.12. The van der Waals surface area contributed by atoms with E-state index in [2.05, 4.69) is 20.6 Å². The number of hydrogen-bond donors (Lipinski definition) is 3. The molecule has 1 amide bonds. The number of aromatic nitrogens is 2. The van der Waals surface area contributed by atoms with Gasteiger partial charge in [0.15, 0.2) is 0 Å². The third-order valence-corrected chi connectivity index (χ3v) is 3.03. The van der Waals surface area contributed by atoms with Crippen LogP contribution >= 0.6 is 0 Å². The largest absolute Gasteiger partial charge is 0.346 e. The van der Waals surface area contributed by atoms with Gasteiger partial charge in [-0.1, -0.05) is 12.1 Å². The van der Waals surface area contributed by atoms with Gasteiger partial charge in [0, 0.05) is 6.42 Å². The lowest BCUT2D eigenvalue weighted by Crippen LogP contribution is -2.27. The number of fused-ring (bicyclic) bond motifs is 1. The quantitative estimate of drug-likeness (QED) is 0.693. The van der Waals surface area contributed by atoms with E-state index >= 15 is 0 Å². The molecule has 3 N–H and O–H groups in total. The smallest absolute Gasteiger partial charge is 0.220 e. The average Bonchev–Trinajstić information content (AvgIpc) is 2.83. The van der Waals surface area contributed by atoms with Gasteiger partial charge in [0.2, 0.25) is 5.91 Å². The number of aromatic amines is 1. The number of benzene rings is 1. The molecule has 1 atom stereocenters. The van der Waals surface area contributed by atoms with E-state index in [-0.39, 0.29) is 11.9 Å². The second-order valence-corrected chi connectivity index (χ2v) is 4.64. The number of rotatable bonds is 6. The van der Waals surface area contributed by atoms with Gasteiger partial charge in [-0.2, -0.15) is 0 Å². The van der Waals surface area contributed by atoms with E-state index in [4.69, 9.17) is 0 Å². The molecule has 5 nitrogen and oxygen atoms in total. The standard InChI is InChI=1S/C14H20N4O/c1-10(16-13(19)8-5-9-15-2)14-17-11-6-3-4-7-12(11)18-14/h3-4,6-7,10,15H,5,8-9H2,1-2H3,(H,16,19)(H,17,18). The van der Waals surface area contributed by atoms with Gasteiger partial charge in [-0.15, -0.1) is 0 Å². The minimum atomic E-state index is -0.102. The number of carbonyl (C=O) groups excluding carboxylic acids is 1. The van der Waals surface area contributed by atoms with Gasteiger partial charge in [-0.25, -0.2) is 4.98 Å². The predicted octanol–water partition coefficient (Wildman–Crippen LogP) is 1.74. The fraction of sp³-hybridized carbons (Fsp3) is 0.429. The highest BCUT2D eigenvalue weighted by atomic mass is 16.1. The Morgan fingerprint density at radius 3 is 2.95 bits per heavy atom. The van der Waals surface area contributed by atoms with E-state index in [9.17, 15) is 4.79 Å². The highest BCUT2D eigenvalue weighted by molar-refractivity contribution is 5.77. The Morgan fingerprint density at radius 2 is 2.21 bits per heavy atom. The molecule has 0 aliphatic heterocycles. The fourth-order valence-corrected chi connectivity index (χ4v) is 1.99. The molecule has 0 aliphatic rings. The van der Waals surface area contributed by atoms with Crippen LogP contribution in [0.15, 0.2) is 24.3 Å². The van der Waals surface area contributed by atoms with Gasteiger partial charge in [-0.3, -0.25) is 4.79 Å². The summed E-state index contributed by atoms with van der Waals surface area (Å²) in [6.45, 7) is 2.79. The Kier molecular flexibility index (Phi) is 4.52. The number of carbonyl (C=O) groups is 1. The second-order valence-electron chi connectivity index (χ2n) is 4.64. The number of H-pyrrole nitrogens is 1. The maximum absolute atomic E-state index is 11.7. The molecular weight excluding hydrogens is 240 g/mol. The number of para-hydroxylation sites is 2. The third-order valence-electron chi connectivity index (χ3n) is 3.03. The van der Waals surface area contributed by atoms with Crippen LogP contribution in [0, 0.1) is 0 Å². The van der Waals surface area contributed by atoms with Crippen LogP contribution in [0.5, 0.6) is 0 Å². The molecule has 2 aromatic rings. The summed E-state index contributed by atoms with van der Waals surface area (Å²) in [7, 11) is 1.88. The van der Waals surface area contributed by atoms with Crippen LogP contribution in [0.1, 0.15) is 31.6 Å².